The third-order valence-electron chi connectivity index (χ3n) is 0.811. The average Bonchev–Trinajstić information content (AvgIpc) is 1.85. The summed E-state index contributed by atoms with van der Waals surface area (Å²) in [6.07, 6.45) is 0. The molecule has 0 aliphatic carbocycles. The molecule has 0 unspecified atom stereocenters. The van der Waals surface area contributed by atoms with Crippen molar-refractivity contribution >= 4 is 35.1 Å². The van der Waals surface area contributed by atoms with Crippen LogP contribution in [-0.2, 0) is 0 Å². The lowest BCUT2D eigenvalue weighted by atomic mass is 10.6. The van der Waals surface area contributed by atoms with E-state index in [0.29, 0.717) is 4.36 Å². The van der Waals surface area contributed by atoms with Crippen molar-refractivity contribution in [1.29, 1.82) is 0 Å². The molecule has 1 heterocycles. The van der Waals surface area contributed by atoms with Gasteiger partial charge in [0.25, 0.3) is 0 Å². The number of nitrogens with zero attached hydrogens (tertiary/aromatic N) is 1. The Morgan fingerprint density at radius 2 is 2.25 bits per heavy atom. The van der Waals surface area contributed by atoms with Gasteiger partial charge < -0.3 is 0 Å². The smallest absolute Gasteiger partial charge is 0.105 e. The van der Waals surface area contributed by atoms with Crippen LogP contribution in [0.3, 0.4) is 0 Å². The molecule has 1 aliphatic rings. The summed E-state index contributed by atoms with van der Waals surface area (Å²) < 4.78 is 2.68. The predicted molar refractivity (Wildman–Crippen MR) is 39.0 cm³/mol. The van der Waals surface area contributed by atoms with Crippen molar-refractivity contribution < 1.29 is 0 Å². The second-order valence-corrected chi connectivity index (χ2v) is 3.83. The molecule has 1 rings (SSSR count). The fourth-order valence-electron chi connectivity index (χ4n) is 0.476. The molecule has 0 N–H and O–H groups in total. The molecule has 0 radical (unpaired) electrons. The molecule has 0 atom stereocenters. The zero-order valence-corrected chi connectivity index (χ0v) is 6.65. The number of rotatable bonds is 0. The summed E-state index contributed by atoms with van der Waals surface area (Å²) in [5.41, 5.74) is 0. The molecule has 0 aromatic carbocycles. The van der Waals surface area contributed by atoms with Crippen molar-refractivity contribution in [2.45, 2.75) is 0 Å². The second kappa shape index (κ2) is 2.48. The van der Waals surface area contributed by atoms with E-state index in [1.54, 1.807) is 0 Å². The van der Waals surface area contributed by atoms with Crippen LogP contribution in [0.15, 0.2) is 9.40 Å². The van der Waals surface area contributed by atoms with Crippen molar-refractivity contribution in [2.75, 3.05) is 13.6 Å². The van der Waals surface area contributed by atoms with Crippen molar-refractivity contribution in [1.82, 2.24) is 4.31 Å². The Bertz CT molecular complexity index is 120. The highest BCUT2D eigenvalue weighted by Gasteiger charge is 2.15. The van der Waals surface area contributed by atoms with Gasteiger partial charge in [0.2, 0.25) is 0 Å². The Balaban J connectivity index is 2.60. The van der Waals surface area contributed by atoms with Gasteiger partial charge in [-0.1, -0.05) is 23.2 Å². The molecule has 0 fully saturated rings. The zero-order chi connectivity index (χ0) is 6.15. The summed E-state index contributed by atoms with van der Waals surface area (Å²) in [5.74, 6) is 0. The molecule has 0 spiro atoms. The van der Waals surface area contributed by atoms with Crippen molar-refractivity contribution in [3.05, 3.63) is 9.40 Å². The van der Waals surface area contributed by atoms with Crippen LogP contribution in [0.4, 0.5) is 0 Å². The predicted octanol–water partition coefficient (Wildman–Crippen LogP) is 2.23. The largest absolute Gasteiger partial charge is 0.243 e. The highest BCUT2D eigenvalue weighted by molar-refractivity contribution is 8.02. The van der Waals surface area contributed by atoms with E-state index < -0.39 is 0 Å². The van der Waals surface area contributed by atoms with Crippen molar-refractivity contribution in [3.8, 4) is 0 Å². The summed E-state index contributed by atoms with van der Waals surface area (Å²) in [4.78, 5) is 0. The van der Waals surface area contributed by atoms with Gasteiger partial charge in [-0.2, -0.15) is 0 Å². The third-order valence-corrected chi connectivity index (χ3v) is 2.61. The standard InChI is InChI=1S/C4H5Cl2NS/c1-7-2-3(5)4(6)8-7/h2H2,1H3. The van der Waals surface area contributed by atoms with Crippen LogP contribution in [0.25, 0.3) is 0 Å². The van der Waals surface area contributed by atoms with E-state index in [4.69, 9.17) is 23.2 Å². The lowest BCUT2D eigenvalue weighted by Crippen LogP contribution is -2.03. The van der Waals surface area contributed by atoms with Gasteiger partial charge >= 0.3 is 0 Å². The Labute approximate surface area is 62.8 Å². The van der Waals surface area contributed by atoms with Crippen LogP contribution in [0.2, 0.25) is 0 Å². The third kappa shape index (κ3) is 1.32. The van der Waals surface area contributed by atoms with E-state index in [1.165, 1.54) is 11.9 Å². The normalized spacial score (nSPS) is 22.9. The van der Waals surface area contributed by atoms with E-state index >= 15 is 0 Å². The summed E-state index contributed by atoms with van der Waals surface area (Å²) in [7, 11) is 1.95. The maximum atomic E-state index is 5.64. The number of hydrogen-bond acceptors (Lipinski definition) is 2. The molecule has 0 aromatic rings. The van der Waals surface area contributed by atoms with Crippen molar-refractivity contribution in [3.63, 3.8) is 0 Å². The summed E-state index contributed by atoms with van der Waals surface area (Å²) in [6.45, 7) is 0.769. The second-order valence-electron chi connectivity index (χ2n) is 1.56. The highest BCUT2D eigenvalue weighted by Crippen LogP contribution is 2.35. The van der Waals surface area contributed by atoms with Crippen LogP contribution in [-0.4, -0.2) is 17.9 Å². The molecule has 4 heteroatoms. The van der Waals surface area contributed by atoms with Crippen molar-refractivity contribution in [2.24, 2.45) is 0 Å². The van der Waals surface area contributed by atoms with Gasteiger partial charge in [-0.3, -0.25) is 0 Å². The van der Waals surface area contributed by atoms with Crippen LogP contribution in [0.5, 0.6) is 0 Å². The minimum absolute atomic E-state index is 0.703. The summed E-state index contributed by atoms with van der Waals surface area (Å²) >= 11 is 12.7. The maximum absolute atomic E-state index is 5.64. The van der Waals surface area contributed by atoms with Crippen LogP contribution < -0.4 is 0 Å². The first-order valence-corrected chi connectivity index (χ1v) is 3.66. The molecule has 1 aliphatic heterocycles. The minimum Gasteiger partial charge on any atom is -0.243 e. The fourth-order valence-corrected chi connectivity index (χ4v) is 1.87. The number of likely N-dealkylation sites (N-methyl/N-ethyl adjacent to an activating group) is 1. The van der Waals surface area contributed by atoms with Gasteiger partial charge in [-0.25, -0.2) is 4.31 Å². The Hall–Kier alpha value is 0.630. The fraction of sp³-hybridized carbons (Fsp3) is 0.500. The van der Waals surface area contributed by atoms with Crippen LogP contribution >= 0.6 is 35.1 Å². The molecular weight excluding hydrogens is 165 g/mol. The Kier molecular flexibility index (Phi) is 2.09. The monoisotopic (exact) mass is 169 g/mol. The average molecular weight is 170 g/mol. The van der Waals surface area contributed by atoms with Gasteiger partial charge in [0.05, 0.1) is 5.03 Å². The van der Waals surface area contributed by atoms with Crippen LogP contribution in [0, 0.1) is 0 Å². The van der Waals surface area contributed by atoms with Gasteiger partial charge in [-0.05, 0) is 19.0 Å². The first-order chi connectivity index (χ1) is 3.70. The van der Waals surface area contributed by atoms with Gasteiger partial charge in [0, 0.05) is 6.54 Å². The van der Waals surface area contributed by atoms with E-state index in [9.17, 15) is 0 Å². The molecule has 46 valence electrons. The summed E-state index contributed by atoms with van der Waals surface area (Å²) in [5, 5.41) is 0.749. The number of halogens is 2. The molecular formula is C4H5Cl2NS. The Morgan fingerprint density at radius 3 is 2.38 bits per heavy atom. The molecule has 0 amide bonds. The first kappa shape index (κ1) is 6.75. The molecule has 0 saturated heterocycles. The summed E-state index contributed by atoms with van der Waals surface area (Å²) in [6, 6.07) is 0. The lowest BCUT2D eigenvalue weighted by Gasteiger charge is -2.01. The van der Waals surface area contributed by atoms with Gasteiger partial charge in [0.1, 0.15) is 4.36 Å². The number of hydrogen-bond donors (Lipinski definition) is 0. The Morgan fingerprint density at radius 1 is 1.62 bits per heavy atom. The topological polar surface area (TPSA) is 3.24 Å². The van der Waals surface area contributed by atoms with Crippen LogP contribution in [0.1, 0.15) is 0 Å². The quantitative estimate of drug-likeness (QED) is 0.513. The van der Waals surface area contributed by atoms with E-state index in [0.717, 1.165) is 11.6 Å². The van der Waals surface area contributed by atoms with E-state index in [2.05, 4.69) is 0 Å². The molecule has 8 heavy (non-hydrogen) atoms. The molecule has 0 bridgehead atoms. The van der Waals surface area contributed by atoms with Gasteiger partial charge in [-0.15, -0.1) is 0 Å². The lowest BCUT2D eigenvalue weighted by molar-refractivity contribution is 0.645. The molecule has 1 nitrogen and oxygen atoms in total. The minimum atomic E-state index is 0.703. The SMILES string of the molecule is CN1CC(Cl)=C(Cl)S1. The first-order valence-electron chi connectivity index (χ1n) is 2.13. The highest BCUT2D eigenvalue weighted by atomic mass is 35.5. The zero-order valence-electron chi connectivity index (χ0n) is 4.32. The van der Waals surface area contributed by atoms with Gasteiger partial charge in [0.15, 0.2) is 0 Å². The van der Waals surface area contributed by atoms with E-state index in [-0.39, 0.29) is 0 Å². The van der Waals surface area contributed by atoms with E-state index in [1.807, 2.05) is 11.4 Å². The molecule has 0 aromatic heterocycles. The molecule has 0 saturated carbocycles. The maximum Gasteiger partial charge on any atom is 0.105 e.